The molecule has 1 heterocycles. The summed E-state index contributed by atoms with van der Waals surface area (Å²) >= 11 is 0. The third-order valence-electron chi connectivity index (χ3n) is 5.62. The summed E-state index contributed by atoms with van der Waals surface area (Å²) in [5, 5.41) is 0. The van der Waals surface area contributed by atoms with E-state index in [0.717, 1.165) is 25.7 Å². The Morgan fingerprint density at radius 2 is 1.00 bits per heavy atom. The molecule has 1 aliphatic heterocycles. The van der Waals surface area contributed by atoms with Gasteiger partial charge in [0.25, 0.3) is 0 Å². The van der Waals surface area contributed by atoms with Crippen molar-refractivity contribution in [1.82, 2.24) is 9.80 Å². The molecule has 2 amide bonds. The summed E-state index contributed by atoms with van der Waals surface area (Å²) in [5.41, 5.74) is 0. The molecule has 2 atom stereocenters. The van der Waals surface area contributed by atoms with E-state index >= 15 is 0 Å². The van der Waals surface area contributed by atoms with E-state index in [2.05, 4.69) is 27.7 Å². The first kappa shape index (κ1) is 23.0. The van der Waals surface area contributed by atoms with Crippen LogP contribution in [-0.2, 0) is 9.59 Å². The van der Waals surface area contributed by atoms with Gasteiger partial charge < -0.3 is 9.80 Å². The van der Waals surface area contributed by atoms with Crippen molar-refractivity contribution >= 4 is 11.8 Å². The minimum atomic E-state index is 0.137. The number of carbonyl (C=O) groups is 2. The Balaban J connectivity index is 2.35. The molecule has 0 bridgehead atoms. The number of nitrogens with zero attached hydrogens (tertiary/aromatic N) is 2. The van der Waals surface area contributed by atoms with Gasteiger partial charge >= 0.3 is 0 Å². The largest absolute Gasteiger partial charge is 0.336 e. The van der Waals surface area contributed by atoms with Gasteiger partial charge in [0.2, 0.25) is 11.8 Å². The van der Waals surface area contributed by atoms with Gasteiger partial charge in [0.1, 0.15) is 0 Å². The van der Waals surface area contributed by atoms with E-state index in [-0.39, 0.29) is 23.9 Å². The van der Waals surface area contributed by atoms with Gasteiger partial charge in [-0.05, 0) is 26.7 Å². The molecule has 0 aromatic heterocycles. The molecule has 0 aliphatic carbocycles. The number of carbonyl (C=O) groups excluding carboxylic acids is 2. The normalized spacial score (nSPS) is 20.5. The molecule has 152 valence electrons. The number of amides is 2. The number of hydrogen-bond donors (Lipinski definition) is 0. The molecule has 2 unspecified atom stereocenters. The summed E-state index contributed by atoms with van der Waals surface area (Å²) in [6.07, 6.45) is 13.1. The third-order valence-corrected chi connectivity index (χ3v) is 5.62. The fourth-order valence-electron chi connectivity index (χ4n) is 3.87. The van der Waals surface area contributed by atoms with E-state index in [0.29, 0.717) is 25.9 Å². The minimum absolute atomic E-state index is 0.137. The van der Waals surface area contributed by atoms with Crippen LogP contribution in [-0.4, -0.2) is 46.8 Å². The Morgan fingerprint density at radius 1 is 0.654 bits per heavy atom. The lowest BCUT2D eigenvalue weighted by molar-refractivity contribution is -0.145. The predicted octanol–water partition coefficient (Wildman–Crippen LogP) is 5.16. The van der Waals surface area contributed by atoms with Gasteiger partial charge in [-0.25, -0.2) is 0 Å². The summed E-state index contributed by atoms with van der Waals surface area (Å²) in [6, 6.07) is 0.275. The van der Waals surface area contributed by atoms with Crippen molar-refractivity contribution in [1.29, 1.82) is 0 Å². The molecule has 0 radical (unpaired) electrons. The Labute approximate surface area is 161 Å². The molecule has 0 saturated carbocycles. The predicted molar refractivity (Wildman–Crippen MR) is 109 cm³/mol. The average Bonchev–Trinajstić information content (AvgIpc) is 2.62. The summed E-state index contributed by atoms with van der Waals surface area (Å²) < 4.78 is 0. The number of piperazine rings is 1. The van der Waals surface area contributed by atoms with Gasteiger partial charge in [-0.1, -0.05) is 65.2 Å². The first-order valence-electron chi connectivity index (χ1n) is 11.1. The molecule has 0 N–H and O–H groups in total. The summed E-state index contributed by atoms with van der Waals surface area (Å²) in [4.78, 5) is 29.1. The highest BCUT2D eigenvalue weighted by Gasteiger charge is 2.33. The first-order chi connectivity index (χ1) is 12.5. The maximum absolute atomic E-state index is 12.6. The van der Waals surface area contributed by atoms with E-state index in [9.17, 15) is 9.59 Å². The lowest BCUT2D eigenvalue weighted by Gasteiger charge is -2.44. The van der Waals surface area contributed by atoms with Crippen LogP contribution in [0.15, 0.2) is 0 Å². The highest BCUT2D eigenvalue weighted by atomic mass is 16.2. The Hall–Kier alpha value is -1.06. The zero-order valence-corrected chi connectivity index (χ0v) is 17.8. The van der Waals surface area contributed by atoms with Crippen LogP contribution < -0.4 is 0 Å². The summed E-state index contributed by atoms with van der Waals surface area (Å²) in [6.45, 7) is 9.97. The van der Waals surface area contributed by atoms with Crippen molar-refractivity contribution in [3.8, 4) is 0 Å². The smallest absolute Gasteiger partial charge is 0.222 e. The Kier molecular flexibility index (Phi) is 11.6. The fraction of sp³-hybridized carbons (Fsp3) is 0.909. The van der Waals surface area contributed by atoms with Crippen molar-refractivity contribution < 1.29 is 9.59 Å². The van der Waals surface area contributed by atoms with Crippen molar-refractivity contribution in [2.24, 2.45) is 0 Å². The van der Waals surface area contributed by atoms with E-state index in [4.69, 9.17) is 0 Å². The van der Waals surface area contributed by atoms with Gasteiger partial charge in [-0.2, -0.15) is 0 Å². The van der Waals surface area contributed by atoms with Crippen molar-refractivity contribution in [3.63, 3.8) is 0 Å². The van der Waals surface area contributed by atoms with Crippen LogP contribution in [0.1, 0.15) is 105 Å². The molecule has 1 fully saturated rings. The Morgan fingerprint density at radius 3 is 1.35 bits per heavy atom. The second-order valence-corrected chi connectivity index (χ2v) is 8.12. The molecule has 26 heavy (non-hydrogen) atoms. The maximum atomic E-state index is 12.6. The zero-order valence-electron chi connectivity index (χ0n) is 17.8. The molecule has 0 aromatic carbocycles. The molecule has 4 heteroatoms. The maximum Gasteiger partial charge on any atom is 0.222 e. The van der Waals surface area contributed by atoms with E-state index in [1.54, 1.807) is 0 Å². The SMILES string of the molecule is CCCCCCCC(=O)N1CC(C)N(C(=O)CCCCCCC)CC1C. The van der Waals surface area contributed by atoms with Crippen LogP contribution >= 0.6 is 0 Å². The van der Waals surface area contributed by atoms with Crippen LogP contribution in [0.3, 0.4) is 0 Å². The molecular formula is C22H42N2O2. The van der Waals surface area contributed by atoms with Crippen LogP contribution in [0, 0.1) is 0 Å². The van der Waals surface area contributed by atoms with Gasteiger partial charge in [0, 0.05) is 38.0 Å². The highest BCUT2D eigenvalue weighted by Crippen LogP contribution is 2.19. The van der Waals surface area contributed by atoms with Gasteiger partial charge in [0.15, 0.2) is 0 Å². The van der Waals surface area contributed by atoms with E-state index < -0.39 is 0 Å². The Bertz CT molecular complexity index is 373. The van der Waals surface area contributed by atoms with Crippen LogP contribution in [0.4, 0.5) is 0 Å². The summed E-state index contributed by atoms with van der Waals surface area (Å²) in [5.74, 6) is 0.542. The molecular weight excluding hydrogens is 324 g/mol. The number of rotatable bonds is 12. The van der Waals surface area contributed by atoms with Crippen LogP contribution in [0.5, 0.6) is 0 Å². The molecule has 1 aliphatic rings. The van der Waals surface area contributed by atoms with Crippen molar-refractivity contribution in [3.05, 3.63) is 0 Å². The third kappa shape index (κ3) is 8.09. The summed E-state index contributed by atoms with van der Waals surface area (Å²) in [7, 11) is 0. The van der Waals surface area contributed by atoms with E-state index in [1.807, 2.05) is 9.80 Å². The van der Waals surface area contributed by atoms with Crippen molar-refractivity contribution in [2.45, 2.75) is 117 Å². The molecule has 4 nitrogen and oxygen atoms in total. The second-order valence-electron chi connectivity index (χ2n) is 8.12. The average molecular weight is 367 g/mol. The van der Waals surface area contributed by atoms with Crippen LogP contribution in [0.2, 0.25) is 0 Å². The molecule has 0 spiro atoms. The molecule has 1 rings (SSSR count). The minimum Gasteiger partial charge on any atom is -0.336 e. The number of hydrogen-bond acceptors (Lipinski definition) is 2. The van der Waals surface area contributed by atoms with Crippen LogP contribution in [0.25, 0.3) is 0 Å². The van der Waals surface area contributed by atoms with Gasteiger partial charge in [0.05, 0.1) is 0 Å². The van der Waals surface area contributed by atoms with Gasteiger partial charge in [-0.3, -0.25) is 9.59 Å². The monoisotopic (exact) mass is 366 g/mol. The zero-order chi connectivity index (χ0) is 19.4. The highest BCUT2D eigenvalue weighted by molar-refractivity contribution is 5.79. The lowest BCUT2D eigenvalue weighted by Crippen LogP contribution is -2.59. The second kappa shape index (κ2) is 13.2. The quantitative estimate of drug-likeness (QED) is 0.448. The standard InChI is InChI=1S/C22H42N2O2/c1-5-7-9-11-13-15-21(25)23-17-20(4)24(18-19(23)3)22(26)16-14-12-10-8-6-2/h19-20H,5-18H2,1-4H3. The molecule has 1 saturated heterocycles. The number of unbranched alkanes of at least 4 members (excludes halogenated alkanes) is 8. The first-order valence-corrected chi connectivity index (χ1v) is 11.1. The lowest BCUT2D eigenvalue weighted by atomic mass is 10.0. The van der Waals surface area contributed by atoms with Gasteiger partial charge in [-0.15, -0.1) is 0 Å². The molecule has 0 aromatic rings. The fourth-order valence-corrected chi connectivity index (χ4v) is 3.87. The van der Waals surface area contributed by atoms with Crippen molar-refractivity contribution in [2.75, 3.05) is 13.1 Å². The topological polar surface area (TPSA) is 40.6 Å². The van der Waals surface area contributed by atoms with E-state index in [1.165, 1.54) is 38.5 Å².